The topological polar surface area (TPSA) is 101 Å². The summed E-state index contributed by atoms with van der Waals surface area (Å²) in [6.45, 7) is 1.03. The van der Waals surface area contributed by atoms with E-state index >= 15 is 0 Å². The molecular weight excluding hydrogens is 404 g/mol. The van der Waals surface area contributed by atoms with Gasteiger partial charge in [0, 0.05) is 6.54 Å². The zero-order chi connectivity index (χ0) is 20.3. The van der Waals surface area contributed by atoms with Crippen molar-refractivity contribution in [2.75, 3.05) is 19.6 Å². The first-order chi connectivity index (χ1) is 13.3. The molecule has 29 heavy (non-hydrogen) atoms. The van der Waals surface area contributed by atoms with E-state index in [2.05, 4.69) is 15.3 Å². The van der Waals surface area contributed by atoms with Gasteiger partial charge in [-0.1, -0.05) is 12.1 Å². The van der Waals surface area contributed by atoms with Crippen molar-refractivity contribution in [2.45, 2.75) is 38.2 Å². The molecule has 1 fully saturated rings. The maximum absolute atomic E-state index is 12.8. The van der Waals surface area contributed by atoms with E-state index in [-0.39, 0.29) is 24.0 Å². The van der Waals surface area contributed by atoms with E-state index in [1.54, 1.807) is 13.0 Å². The van der Waals surface area contributed by atoms with Crippen molar-refractivity contribution < 1.29 is 18.4 Å². The molecule has 158 valence electrons. The van der Waals surface area contributed by atoms with E-state index in [9.17, 15) is 18.4 Å². The zero-order valence-corrected chi connectivity index (χ0v) is 16.8. The molecule has 0 bridgehead atoms. The molecular formula is C19H24ClF2N5O2. The van der Waals surface area contributed by atoms with Gasteiger partial charge in [0.1, 0.15) is 5.69 Å². The van der Waals surface area contributed by atoms with Gasteiger partial charge in [-0.3, -0.25) is 9.59 Å². The number of alkyl halides is 2. The van der Waals surface area contributed by atoms with Crippen LogP contribution in [-0.4, -0.2) is 58.3 Å². The van der Waals surface area contributed by atoms with Crippen LogP contribution in [0.15, 0.2) is 24.3 Å². The predicted molar refractivity (Wildman–Crippen MR) is 107 cm³/mol. The van der Waals surface area contributed by atoms with Crippen molar-refractivity contribution in [3.63, 3.8) is 0 Å². The van der Waals surface area contributed by atoms with Gasteiger partial charge in [0.15, 0.2) is 0 Å². The van der Waals surface area contributed by atoms with Crippen LogP contribution in [-0.2, 0) is 4.79 Å². The second kappa shape index (κ2) is 9.41. The van der Waals surface area contributed by atoms with Crippen LogP contribution in [0.1, 0.15) is 35.4 Å². The fraction of sp³-hybridized carbons (Fsp3) is 0.474. The summed E-state index contributed by atoms with van der Waals surface area (Å²) in [5.41, 5.74) is 8.00. The van der Waals surface area contributed by atoms with E-state index in [1.165, 1.54) is 0 Å². The standard InChI is InChI=1S/C19H23F2N5O2.ClH/c1-12-16(25-15-8-3-2-7-14(15)24-12)17(27)23-9-5-4-6-13(22)18(28)26-10-19(20,21)11-26;/h2-3,7-8,13H,4-6,9-11,22H2,1H3,(H,23,27);1H/t13-;/m0./s1. The Kier molecular flexibility index (Phi) is 7.43. The van der Waals surface area contributed by atoms with Crippen molar-refractivity contribution in [2.24, 2.45) is 5.73 Å². The Balaban J connectivity index is 0.00000300. The number of hydrogen-bond donors (Lipinski definition) is 2. The van der Waals surface area contributed by atoms with Crippen molar-refractivity contribution in [1.29, 1.82) is 0 Å². The maximum Gasteiger partial charge on any atom is 0.282 e. The summed E-state index contributed by atoms with van der Waals surface area (Å²) in [5, 5.41) is 2.79. The van der Waals surface area contributed by atoms with E-state index in [1.807, 2.05) is 18.2 Å². The molecule has 3 N–H and O–H groups in total. The SMILES string of the molecule is Cc1nc2ccccc2nc1C(=O)NCCCC[C@H](N)C(=O)N1CC(F)(F)C1.Cl. The Labute approximate surface area is 173 Å². The first-order valence-corrected chi connectivity index (χ1v) is 9.20. The molecule has 1 aromatic carbocycles. The summed E-state index contributed by atoms with van der Waals surface area (Å²) < 4.78 is 25.6. The molecule has 0 unspecified atom stereocenters. The van der Waals surface area contributed by atoms with Crippen LogP contribution in [0.25, 0.3) is 11.0 Å². The van der Waals surface area contributed by atoms with Gasteiger partial charge in [0.25, 0.3) is 11.8 Å². The van der Waals surface area contributed by atoms with Crippen molar-refractivity contribution in [3.8, 4) is 0 Å². The average molecular weight is 428 g/mol. The number of carbonyl (C=O) groups excluding carboxylic acids is 2. The van der Waals surface area contributed by atoms with Crippen LogP contribution in [0, 0.1) is 6.92 Å². The lowest BCUT2D eigenvalue weighted by Crippen LogP contribution is -2.61. The van der Waals surface area contributed by atoms with Crippen LogP contribution >= 0.6 is 12.4 Å². The predicted octanol–water partition coefficient (Wildman–Crippen LogP) is 2.06. The number of unbranched alkanes of at least 4 members (excludes halogenated alkanes) is 1. The molecule has 7 nitrogen and oxygen atoms in total. The van der Waals surface area contributed by atoms with Gasteiger partial charge in [-0.2, -0.15) is 0 Å². The number of aromatic nitrogens is 2. The minimum atomic E-state index is -2.79. The molecule has 3 rings (SSSR count). The summed E-state index contributed by atoms with van der Waals surface area (Å²) in [6, 6.07) is 6.53. The first-order valence-electron chi connectivity index (χ1n) is 9.20. The molecule has 1 saturated heterocycles. The molecule has 2 amide bonds. The molecule has 0 aliphatic carbocycles. The van der Waals surface area contributed by atoms with Gasteiger partial charge in [0.05, 0.1) is 35.9 Å². The average Bonchev–Trinajstić information content (AvgIpc) is 2.64. The smallest absolute Gasteiger partial charge is 0.282 e. The van der Waals surface area contributed by atoms with E-state index in [4.69, 9.17) is 5.73 Å². The largest absolute Gasteiger partial charge is 0.351 e. The number of likely N-dealkylation sites (tertiary alicyclic amines) is 1. The van der Waals surface area contributed by atoms with E-state index < -0.39 is 31.0 Å². The molecule has 0 saturated carbocycles. The van der Waals surface area contributed by atoms with Crippen molar-refractivity contribution in [3.05, 3.63) is 35.7 Å². The lowest BCUT2D eigenvalue weighted by molar-refractivity contribution is -0.167. The highest BCUT2D eigenvalue weighted by Crippen LogP contribution is 2.27. The van der Waals surface area contributed by atoms with Crippen LogP contribution in [0.4, 0.5) is 8.78 Å². The molecule has 1 aromatic heterocycles. The number of nitrogens with zero attached hydrogens (tertiary/aromatic N) is 3. The van der Waals surface area contributed by atoms with Crippen molar-refractivity contribution in [1.82, 2.24) is 20.2 Å². The zero-order valence-electron chi connectivity index (χ0n) is 16.0. The van der Waals surface area contributed by atoms with Gasteiger partial charge in [0.2, 0.25) is 5.91 Å². The van der Waals surface area contributed by atoms with Crippen LogP contribution in [0.3, 0.4) is 0 Å². The number of para-hydroxylation sites is 2. The minimum absolute atomic E-state index is 0. The van der Waals surface area contributed by atoms with Gasteiger partial charge >= 0.3 is 0 Å². The summed E-state index contributed by atoms with van der Waals surface area (Å²) >= 11 is 0. The second-order valence-corrected chi connectivity index (χ2v) is 7.05. The molecule has 1 aliphatic rings. The van der Waals surface area contributed by atoms with Crippen LogP contribution in [0.5, 0.6) is 0 Å². The number of carbonyl (C=O) groups is 2. The van der Waals surface area contributed by atoms with E-state index in [0.717, 1.165) is 10.4 Å². The minimum Gasteiger partial charge on any atom is -0.351 e. The quantitative estimate of drug-likeness (QED) is 0.659. The molecule has 1 aliphatic heterocycles. The number of hydrogen-bond acceptors (Lipinski definition) is 5. The lowest BCUT2D eigenvalue weighted by atomic mass is 10.1. The normalized spacial score (nSPS) is 15.9. The van der Waals surface area contributed by atoms with Gasteiger partial charge in [-0.05, 0) is 38.3 Å². The Morgan fingerprint density at radius 1 is 1.21 bits per heavy atom. The molecule has 1 atom stereocenters. The highest BCUT2D eigenvalue weighted by molar-refractivity contribution is 5.95. The number of halogens is 3. The Bertz CT molecular complexity index is 888. The maximum atomic E-state index is 12.8. The second-order valence-electron chi connectivity index (χ2n) is 7.05. The Morgan fingerprint density at radius 2 is 1.83 bits per heavy atom. The number of rotatable bonds is 7. The van der Waals surface area contributed by atoms with Crippen molar-refractivity contribution >= 4 is 35.3 Å². The molecule has 0 radical (unpaired) electrons. The van der Waals surface area contributed by atoms with Gasteiger partial charge < -0.3 is 16.0 Å². The number of fused-ring (bicyclic) bond motifs is 1. The summed E-state index contributed by atoms with van der Waals surface area (Å²) in [6.07, 6.45) is 1.59. The molecule has 0 spiro atoms. The third kappa shape index (κ3) is 5.57. The Morgan fingerprint density at radius 3 is 2.45 bits per heavy atom. The fourth-order valence-corrected chi connectivity index (χ4v) is 3.10. The van der Waals surface area contributed by atoms with E-state index in [0.29, 0.717) is 37.0 Å². The lowest BCUT2D eigenvalue weighted by Gasteiger charge is -2.39. The number of nitrogens with two attached hydrogens (primary N) is 1. The Hall–Kier alpha value is -2.39. The summed E-state index contributed by atoms with van der Waals surface area (Å²) in [7, 11) is 0. The number of benzene rings is 1. The number of amides is 2. The highest BCUT2D eigenvalue weighted by Gasteiger charge is 2.47. The number of nitrogens with one attached hydrogen (secondary N) is 1. The molecule has 2 aromatic rings. The third-order valence-electron chi connectivity index (χ3n) is 4.66. The van der Waals surface area contributed by atoms with Gasteiger partial charge in [-0.15, -0.1) is 12.4 Å². The first kappa shape index (κ1) is 22.9. The summed E-state index contributed by atoms with van der Waals surface area (Å²) in [4.78, 5) is 34.1. The monoisotopic (exact) mass is 427 g/mol. The van der Waals surface area contributed by atoms with Gasteiger partial charge in [-0.25, -0.2) is 18.7 Å². The molecule has 10 heteroatoms. The third-order valence-corrected chi connectivity index (χ3v) is 4.66. The fourth-order valence-electron chi connectivity index (χ4n) is 3.10. The van der Waals surface area contributed by atoms with Crippen LogP contribution < -0.4 is 11.1 Å². The highest BCUT2D eigenvalue weighted by atomic mass is 35.5. The van der Waals surface area contributed by atoms with Crippen LogP contribution in [0.2, 0.25) is 0 Å². The summed E-state index contributed by atoms with van der Waals surface area (Å²) in [5.74, 6) is -3.54. The number of aryl methyl sites for hydroxylation is 1. The molecule has 2 heterocycles.